The fourth-order valence-electron chi connectivity index (χ4n) is 2.50. The Morgan fingerprint density at radius 2 is 2.00 bits per heavy atom. The van der Waals surface area contributed by atoms with Gasteiger partial charge in [-0.25, -0.2) is 0 Å². The molecule has 3 rings (SSSR count). The number of piperazine rings is 1. The molecular weight excluding hydrogens is 282 g/mol. The smallest absolute Gasteiger partial charge is 0.286 e. The van der Waals surface area contributed by atoms with Crippen molar-refractivity contribution in [3.05, 3.63) is 40.3 Å². The molecule has 5 heteroatoms. The lowest BCUT2D eigenvalue weighted by Gasteiger charge is -2.30. The van der Waals surface area contributed by atoms with E-state index in [1.165, 1.54) is 22.2 Å². The molecule has 1 aromatic rings. The van der Waals surface area contributed by atoms with E-state index in [-0.39, 0.29) is 5.91 Å². The highest BCUT2D eigenvalue weighted by molar-refractivity contribution is 8.18. The highest BCUT2D eigenvalue weighted by Crippen LogP contribution is 2.30. The van der Waals surface area contributed by atoms with E-state index in [9.17, 15) is 4.79 Å². The van der Waals surface area contributed by atoms with E-state index in [1.54, 1.807) is 0 Å². The number of benzene rings is 1. The van der Waals surface area contributed by atoms with E-state index in [4.69, 9.17) is 0 Å². The molecule has 0 saturated carbocycles. The number of likely N-dealkylation sites (N-methyl/N-ethyl adjacent to an activating group) is 1. The van der Waals surface area contributed by atoms with Crippen molar-refractivity contribution < 1.29 is 9.69 Å². The molecule has 0 radical (unpaired) electrons. The third-order valence-corrected chi connectivity index (χ3v) is 5.02. The Bertz CT molecular complexity index is 616. The zero-order valence-electron chi connectivity index (χ0n) is 12.4. The van der Waals surface area contributed by atoms with Gasteiger partial charge in [-0.1, -0.05) is 24.3 Å². The van der Waals surface area contributed by atoms with Gasteiger partial charge in [0.15, 0.2) is 5.17 Å². The van der Waals surface area contributed by atoms with Crippen LogP contribution in [-0.2, 0) is 4.79 Å². The van der Waals surface area contributed by atoms with E-state index in [1.807, 2.05) is 24.3 Å². The van der Waals surface area contributed by atoms with E-state index >= 15 is 0 Å². The SMILES string of the molecule is Cc1ccccc1/C=C1\SC(N2CC[NH+](C)CC2)=NC1=O. The number of nitrogens with one attached hydrogen (secondary N) is 1. The third-order valence-electron chi connectivity index (χ3n) is 3.97. The number of aliphatic imine (C=N–C) groups is 1. The van der Waals surface area contributed by atoms with Crippen LogP contribution in [0.25, 0.3) is 6.08 Å². The van der Waals surface area contributed by atoms with Gasteiger partial charge in [-0.2, -0.15) is 4.99 Å². The molecule has 2 aliphatic heterocycles. The van der Waals surface area contributed by atoms with Gasteiger partial charge in [0.1, 0.15) is 0 Å². The summed E-state index contributed by atoms with van der Waals surface area (Å²) in [4.78, 5) is 20.8. The molecule has 1 amide bonds. The Kier molecular flexibility index (Phi) is 4.12. The molecule has 21 heavy (non-hydrogen) atoms. The van der Waals surface area contributed by atoms with Gasteiger partial charge in [0.05, 0.1) is 38.1 Å². The zero-order chi connectivity index (χ0) is 14.8. The van der Waals surface area contributed by atoms with Gasteiger partial charge in [-0.3, -0.25) is 4.79 Å². The van der Waals surface area contributed by atoms with Crippen LogP contribution in [0.5, 0.6) is 0 Å². The first kappa shape index (κ1) is 14.4. The maximum Gasteiger partial charge on any atom is 0.286 e. The summed E-state index contributed by atoms with van der Waals surface area (Å²) >= 11 is 1.51. The maximum atomic E-state index is 12.1. The lowest BCUT2D eigenvalue weighted by molar-refractivity contribution is -0.883. The van der Waals surface area contributed by atoms with Gasteiger partial charge in [-0.05, 0) is 35.9 Å². The Morgan fingerprint density at radius 1 is 1.29 bits per heavy atom. The monoisotopic (exact) mass is 302 g/mol. The first-order valence-corrected chi connectivity index (χ1v) is 8.09. The number of carbonyl (C=O) groups is 1. The molecule has 0 aliphatic carbocycles. The Balaban J connectivity index is 1.74. The molecule has 1 N–H and O–H groups in total. The highest BCUT2D eigenvalue weighted by Gasteiger charge is 2.28. The van der Waals surface area contributed by atoms with Gasteiger partial charge in [0, 0.05) is 0 Å². The quantitative estimate of drug-likeness (QED) is 0.780. The number of hydrogen-bond donors (Lipinski definition) is 1. The van der Waals surface area contributed by atoms with Gasteiger partial charge < -0.3 is 9.80 Å². The molecule has 1 saturated heterocycles. The van der Waals surface area contributed by atoms with E-state index < -0.39 is 0 Å². The Morgan fingerprint density at radius 3 is 2.71 bits per heavy atom. The fraction of sp³-hybridized carbons (Fsp3) is 0.375. The number of nitrogens with zero attached hydrogens (tertiary/aromatic N) is 2. The summed E-state index contributed by atoms with van der Waals surface area (Å²) < 4.78 is 0. The van der Waals surface area contributed by atoms with Crippen molar-refractivity contribution in [2.75, 3.05) is 33.2 Å². The molecule has 0 bridgehead atoms. The summed E-state index contributed by atoms with van der Waals surface area (Å²) in [5, 5.41) is 0.868. The predicted octanol–water partition coefficient (Wildman–Crippen LogP) is 0.796. The molecule has 2 heterocycles. The van der Waals surface area contributed by atoms with Crippen LogP contribution < -0.4 is 4.90 Å². The molecule has 4 nitrogen and oxygen atoms in total. The molecule has 1 fully saturated rings. The topological polar surface area (TPSA) is 37.1 Å². The standard InChI is InChI=1S/C16H19N3OS/c1-12-5-3-4-6-13(12)11-14-15(20)17-16(21-14)19-9-7-18(2)8-10-19/h3-6,11H,7-10H2,1-2H3/p+1/b14-11-. The van der Waals surface area contributed by atoms with Gasteiger partial charge in [0.25, 0.3) is 5.91 Å². The van der Waals surface area contributed by atoms with Gasteiger partial charge in [-0.15, -0.1) is 0 Å². The van der Waals surface area contributed by atoms with E-state index in [2.05, 4.69) is 29.9 Å². The van der Waals surface area contributed by atoms with Crippen molar-refractivity contribution in [3.8, 4) is 0 Å². The lowest BCUT2D eigenvalue weighted by atomic mass is 10.1. The van der Waals surface area contributed by atoms with Crippen molar-refractivity contribution in [1.29, 1.82) is 0 Å². The molecule has 2 aliphatic rings. The van der Waals surface area contributed by atoms with Crippen LogP contribution in [0.3, 0.4) is 0 Å². The number of thioether (sulfide) groups is 1. The van der Waals surface area contributed by atoms with Crippen molar-refractivity contribution in [2.24, 2.45) is 4.99 Å². The number of amides is 1. The zero-order valence-corrected chi connectivity index (χ0v) is 13.2. The number of rotatable bonds is 1. The summed E-state index contributed by atoms with van der Waals surface area (Å²) in [6.07, 6.45) is 1.96. The second-order valence-electron chi connectivity index (χ2n) is 5.61. The van der Waals surface area contributed by atoms with E-state index in [0.29, 0.717) is 0 Å². The van der Waals surface area contributed by atoms with Crippen LogP contribution in [0.15, 0.2) is 34.2 Å². The second kappa shape index (κ2) is 6.03. The fourth-order valence-corrected chi connectivity index (χ4v) is 3.46. The summed E-state index contributed by atoms with van der Waals surface area (Å²) in [6, 6.07) is 8.10. The van der Waals surface area contributed by atoms with Crippen molar-refractivity contribution in [3.63, 3.8) is 0 Å². The van der Waals surface area contributed by atoms with Crippen LogP contribution in [0.2, 0.25) is 0 Å². The van der Waals surface area contributed by atoms with E-state index in [0.717, 1.165) is 41.8 Å². The van der Waals surface area contributed by atoms with Crippen LogP contribution >= 0.6 is 11.8 Å². The number of quaternary nitrogens is 1. The third kappa shape index (κ3) is 3.19. The number of hydrogen-bond acceptors (Lipinski definition) is 3. The largest absolute Gasteiger partial charge is 0.339 e. The molecular formula is C16H20N3OS+. The number of aryl methyl sites for hydroxylation is 1. The minimum Gasteiger partial charge on any atom is -0.339 e. The van der Waals surface area contributed by atoms with Crippen LogP contribution in [0, 0.1) is 6.92 Å². The average Bonchev–Trinajstić information content (AvgIpc) is 2.83. The van der Waals surface area contributed by atoms with Crippen LogP contribution in [0.4, 0.5) is 0 Å². The van der Waals surface area contributed by atoms with Crippen LogP contribution in [0.1, 0.15) is 11.1 Å². The van der Waals surface area contributed by atoms with Gasteiger partial charge >= 0.3 is 0 Å². The minimum atomic E-state index is -0.107. The second-order valence-corrected chi connectivity index (χ2v) is 6.62. The lowest BCUT2D eigenvalue weighted by Crippen LogP contribution is -3.12. The Labute approximate surface area is 129 Å². The van der Waals surface area contributed by atoms with Gasteiger partial charge in [0.2, 0.25) is 0 Å². The van der Waals surface area contributed by atoms with Crippen molar-refractivity contribution in [2.45, 2.75) is 6.92 Å². The number of carbonyl (C=O) groups excluding carboxylic acids is 1. The minimum absolute atomic E-state index is 0.107. The predicted molar refractivity (Wildman–Crippen MR) is 87.4 cm³/mol. The average molecular weight is 302 g/mol. The first-order valence-electron chi connectivity index (χ1n) is 7.28. The molecule has 1 aromatic carbocycles. The molecule has 0 spiro atoms. The molecule has 0 unspecified atom stereocenters. The summed E-state index contributed by atoms with van der Waals surface area (Å²) in [5.41, 5.74) is 2.27. The number of amidine groups is 1. The van der Waals surface area contributed by atoms with Crippen LogP contribution in [-0.4, -0.2) is 49.2 Å². The summed E-state index contributed by atoms with van der Waals surface area (Å²) in [7, 11) is 2.20. The highest BCUT2D eigenvalue weighted by atomic mass is 32.2. The Hall–Kier alpha value is -1.59. The van der Waals surface area contributed by atoms with Crippen molar-refractivity contribution in [1.82, 2.24) is 4.90 Å². The first-order chi connectivity index (χ1) is 10.1. The maximum absolute atomic E-state index is 12.1. The summed E-state index contributed by atoms with van der Waals surface area (Å²) in [5.74, 6) is -0.107. The molecule has 0 atom stereocenters. The normalized spacial score (nSPS) is 22.0. The summed E-state index contributed by atoms with van der Waals surface area (Å²) in [6.45, 7) is 6.21. The molecule has 0 aromatic heterocycles. The molecule has 110 valence electrons. The van der Waals surface area contributed by atoms with Crippen molar-refractivity contribution >= 4 is 28.9 Å².